The zero-order valence-corrected chi connectivity index (χ0v) is 5.20. The summed E-state index contributed by atoms with van der Waals surface area (Å²) < 4.78 is 43.0. The van der Waals surface area contributed by atoms with Crippen LogP contribution in [0.3, 0.4) is 0 Å². The predicted octanol–water partition coefficient (Wildman–Crippen LogP) is 1.31. The minimum Gasteiger partial charge on any atom is -0.386 e. The van der Waals surface area contributed by atoms with Gasteiger partial charge in [0, 0.05) is 26.2 Å². The Morgan fingerprint density at radius 1 is 1.70 bits per heavy atom. The topological polar surface area (TPSA) is 33.1 Å². The van der Waals surface area contributed by atoms with E-state index in [4.69, 9.17) is 8.22 Å². The smallest absolute Gasteiger partial charge is 0.0855 e. The third kappa shape index (κ3) is 1.54. The van der Waals surface area contributed by atoms with Crippen LogP contribution < -0.4 is 0 Å². The van der Waals surface area contributed by atoms with Crippen molar-refractivity contribution in [1.82, 2.24) is 4.98 Å². The number of aliphatic hydroxyl groups is 1. The van der Waals surface area contributed by atoms with E-state index in [9.17, 15) is 5.11 Å². The van der Waals surface area contributed by atoms with Crippen LogP contribution >= 0.6 is 0 Å². The molecule has 0 bridgehead atoms. The number of hydrogen-bond donors (Lipinski definition) is 1. The van der Waals surface area contributed by atoms with Gasteiger partial charge in [-0.25, -0.2) is 0 Å². The molecule has 54 valence electrons. The molecule has 2 nitrogen and oxygen atoms in total. The summed E-state index contributed by atoms with van der Waals surface area (Å²) in [7, 11) is 0. The monoisotopic (exact) mass is 143 g/mol. The van der Waals surface area contributed by atoms with Gasteiger partial charge < -0.3 is 5.11 Å². The zero-order chi connectivity index (χ0) is 12.6. The summed E-state index contributed by atoms with van der Waals surface area (Å²) in [5.74, 6) is 0. The third-order valence-corrected chi connectivity index (χ3v) is 1.08. The first-order valence-corrected chi connectivity index (χ1v) is 2.73. The Labute approximate surface area is 69.0 Å². The zero-order valence-electron chi connectivity index (χ0n) is 11.2. The minimum atomic E-state index is -3.05. The fraction of sp³-hybridized carbons (Fsp3) is 0.375. The molecule has 1 heterocycles. The molecule has 1 rings (SSSR count). The molecular formula is C8H11NO. The summed E-state index contributed by atoms with van der Waals surface area (Å²) in [5, 5.41) is 9.99. The van der Waals surface area contributed by atoms with Gasteiger partial charge in [-0.15, -0.1) is 0 Å². The summed E-state index contributed by atoms with van der Waals surface area (Å²) in [6.45, 7) is -6.11. The molecule has 2 heteroatoms. The van der Waals surface area contributed by atoms with Crippen molar-refractivity contribution in [2.24, 2.45) is 0 Å². The Kier molecular flexibility index (Phi) is 0.626. The first-order valence-electron chi connectivity index (χ1n) is 5.73. The number of rotatable bonds is 1. The van der Waals surface area contributed by atoms with E-state index in [0.29, 0.717) is 0 Å². The molecular weight excluding hydrogens is 126 g/mol. The van der Waals surface area contributed by atoms with Crippen molar-refractivity contribution >= 4 is 0 Å². The molecule has 0 saturated carbocycles. The molecule has 0 aromatic carbocycles. The van der Waals surface area contributed by atoms with Crippen LogP contribution in [0, 0.1) is 0 Å². The largest absolute Gasteiger partial charge is 0.386 e. The van der Waals surface area contributed by atoms with Gasteiger partial charge in [-0.3, -0.25) is 4.98 Å². The molecule has 0 spiro atoms. The lowest BCUT2D eigenvalue weighted by Gasteiger charge is -2.16. The van der Waals surface area contributed by atoms with Gasteiger partial charge in [0.2, 0.25) is 0 Å². The molecule has 1 aromatic rings. The van der Waals surface area contributed by atoms with Crippen LogP contribution in [0.25, 0.3) is 0 Å². The maximum Gasteiger partial charge on any atom is 0.0855 e. The molecule has 10 heavy (non-hydrogen) atoms. The molecule has 0 amide bonds. The van der Waals surface area contributed by atoms with E-state index in [1.807, 2.05) is 0 Å². The summed E-state index contributed by atoms with van der Waals surface area (Å²) in [4.78, 5) is 3.62. The number of pyridine rings is 1. The van der Waals surface area contributed by atoms with Crippen molar-refractivity contribution in [3.05, 3.63) is 30.1 Å². The molecule has 0 aliphatic carbocycles. The first kappa shape index (κ1) is 2.62. The van der Waals surface area contributed by atoms with E-state index in [1.165, 1.54) is 18.3 Å². The van der Waals surface area contributed by atoms with E-state index >= 15 is 0 Å². The van der Waals surface area contributed by atoms with E-state index in [-0.39, 0.29) is 5.56 Å². The van der Waals surface area contributed by atoms with Crippen molar-refractivity contribution in [1.29, 1.82) is 0 Å². The average Bonchev–Trinajstić information content (AvgIpc) is 2.14. The molecule has 0 aliphatic rings. The third-order valence-electron chi connectivity index (χ3n) is 1.08. The van der Waals surface area contributed by atoms with Crippen LogP contribution in [0.2, 0.25) is 0 Å². The van der Waals surface area contributed by atoms with Gasteiger partial charge in [0.25, 0.3) is 0 Å². The first-order chi connectivity index (χ1) is 7.11. The van der Waals surface area contributed by atoms with Crippen molar-refractivity contribution in [3.8, 4) is 0 Å². The molecule has 0 fully saturated rings. The fourth-order valence-electron chi connectivity index (χ4n) is 0.577. The van der Waals surface area contributed by atoms with E-state index < -0.39 is 19.3 Å². The normalized spacial score (nSPS) is 22.9. The van der Waals surface area contributed by atoms with Crippen LogP contribution in [0.15, 0.2) is 24.5 Å². The van der Waals surface area contributed by atoms with Gasteiger partial charge in [0.05, 0.1) is 5.60 Å². The Hall–Kier alpha value is -0.890. The molecule has 0 saturated heterocycles. The van der Waals surface area contributed by atoms with Crippen LogP contribution in [-0.4, -0.2) is 10.1 Å². The summed E-state index contributed by atoms with van der Waals surface area (Å²) in [5.41, 5.74) is -3.14. The lowest BCUT2D eigenvalue weighted by Crippen LogP contribution is -2.15. The van der Waals surface area contributed by atoms with Crippen LogP contribution in [0.5, 0.6) is 0 Å². The highest BCUT2D eigenvalue weighted by Gasteiger charge is 2.14. The van der Waals surface area contributed by atoms with Gasteiger partial charge in [-0.1, -0.05) is 6.07 Å². The van der Waals surface area contributed by atoms with Crippen LogP contribution in [0.4, 0.5) is 0 Å². The second-order valence-electron chi connectivity index (χ2n) is 1.95. The quantitative estimate of drug-likeness (QED) is 0.643. The summed E-state index contributed by atoms with van der Waals surface area (Å²) >= 11 is 0. The van der Waals surface area contributed by atoms with E-state index in [1.54, 1.807) is 0 Å². The lowest BCUT2D eigenvalue weighted by atomic mass is 10.0. The summed E-state index contributed by atoms with van der Waals surface area (Å²) in [6.07, 6.45) is 2.40. The maximum atomic E-state index is 9.99. The van der Waals surface area contributed by atoms with E-state index in [2.05, 4.69) is 4.98 Å². The van der Waals surface area contributed by atoms with Gasteiger partial charge in [-0.2, -0.15) is 0 Å². The van der Waals surface area contributed by atoms with Gasteiger partial charge in [0.1, 0.15) is 0 Å². The lowest BCUT2D eigenvalue weighted by molar-refractivity contribution is 0.0782. The predicted molar refractivity (Wildman–Crippen MR) is 39.5 cm³/mol. The highest BCUT2D eigenvalue weighted by molar-refractivity contribution is 5.15. The molecule has 0 unspecified atom stereocenters. The number of hydrogen-bond acceptors (Lipinski definition) is 2. The molecule has 0 atom stereocenters. The standard InChI is InChI=1S/C8H11NO/c1-8(2,10)7-4-3-5-9-6-7/h3-6,10H,1-2H3/i1D3,2D3. The second-order valence-corrected chi connectivity index (χ2v) is 1.95. The SMILES string of the molecule is [2H]C([2H])([2H])C(O)(c1cccnc1)C([2H])([2H])[2H]. The molecule has 1 N–H and O–H groups in total. The van der Waals surface area contributed by atoms with Crippen molar-refractivity contribution in [2.45, 2.75) is 19.3 Å². The Balaban J connectivity index is 3.39. The second kappa shape index (κ2) is 2.39. The molecule has 0 aliphatic heterocycles. The van der Waals surface area contributed by atoms with Gasteiger partial charge in [-0.05, 0) is 19.8 Å². The fourth-order valence-corrected chi connectivity index (χ4v) is 0.577. The van der Waals surface area contributed by atoms with Gasteiger partial charge >= 0.3 is 0 Å². The Bertz CT molecular complexity index is 343. The van der Waals surface area contributed by atoms with Crippen LogP contribution in [0.1, 0.15) is 27.5 Å². The number of nitrogens with zero attached hydrogens (tertiary/aromatic N) is 1. The van der Waals surface area contributed by atoms with E-state index in [0.717, 1.165) is 6.20 Å². The highest BCUT2D eigenvalue weighted by atomic mass is 16.3. The Morgan fingerprint density at radius 2 is 2.50 bits per heavy atom. The average molecular weight is 143 g/mol. The minimum absolute atomic E-state index is 0.241. The Morgan fingerprint density at radius 3 is 3.00 bits per heavy atom. The van der Waals surface area contributed by atoms with Crippen molar-refractivity contribution < 1.29 is 13.3 Å². The number of aromatic nitrogens is 1. The molecule has 1 aromatic heterocycles. The van der Waals surface area contributed by atoms with Crippen molar-refractivity contribution in [3.63, 3.8) is 0 Å². The molecule has 0 radical (unpaired) electrons. The summed E-state index contributed by atoms with van der Waals surface area (Å²) in [6, 6.07) is 2.60. The maximum absolute atomic E-state index is 9.99. The van der Waals surface area contributed by atoms with Gasteiger partial charge in [0.15, 0.2) is 0 Å². The van der Waals surface area contributed by atoms with Crippen LogP contribution in [-0.2, 0) is 5.60 Å². The van der Waals surface area contributed by atoms with Crippen molar-refractivity contribution in [2.75, 3.05) is 0 Å². The highest BCUT2D eigenvalue weighted by Crippen LogP contribution is 2.16.